The minimum atomic E-state index is -1.77. The van der Waals surface area contributed by atoms with Gasteiger partial charge >= 0.3 is 8.60 Å². The Bertz CT molecular complexity index is 133. The molecule has 0 saturated heterocycles. The molecule has 7 heteroatoms. The molecule has 0 saturated carbocycles. The van der Waals surface area contributed by atoms with Crippen molar-refractivity contribution in [2.24, 2.45) is 0 Å². The van der Waals surface area contributed by atoms with E-state index in [1.807, 2.05) is 0 Å². The van der Waals surface area contributed by atoms with Gasteiger partial charge in [0.25, 0.3) is 0 Å². The van der Waals surface area contributed by atoms with Crippen molar-refractivity contribution >= 4 is 27.5 Å². The van der Waals surface area contributed by atoms with E-state index in [0.29, 0.717) is 18.9 Å². The lowest BCUT2D eigenvalue weighted by molar-refractivity contribution is -0.110. The van der Waals surface area contributed by atoms with Crippen LogP contribution < -0.4 is 0 Å². The second-order valence-electron chi connectivity index (χ2n) is 1.61. The molecule has 74 valence electrons. The van der Waals surface area contributed by atoms with Gasteiger partial charge in [0.05, 0.1) is 0 Å². The van der Waals surface area contributed by atoms with Crippen LogP contribution in [0, 0.1) is 0 Å². The molecule has 6 nitrogen and oxygen atoms in total. The van der Waals surface area contributed by atoms with Gasteiger partial charge in [-0.2, -0.15) is 0 Å². The smallest absolute Gasteiger partial charge is 0.305 e. The third kappa shape index (κ3) is 7.67. The minimum Gasteiger partial charge on any atom is -0.305 e. The van der Waals surface area contributed by atoms with Gasteiger partial charge in [-0.25, -0.2) is 0 Å². The number of aldehydes is 3. The van der Waals surface area contributed by atoms with E-state index in [1.165, 1.54) is 0 Å². The third-order valence-corrected chi connectivity index (χ3v) is 1.82. The van der Waals surface area contributed by atoms with E-state index in [4.69, 9.17) is 13.6 Å². The average molecular weight is 208 g/mol. The highest BCUT2D eigenvalue weighted by Crippen LogP contribution is 2.38. The molecule has 0 unspecified atom stereocenters. The van der Waals surface area contributed by atoms with Gasteiger partial charge in [0.15, 0.2) is 0 Å². The van der Waals surface area contributed by atoms with Crippen molar-refractivity contribution in [3.8, 4) is 0 Å². The van der Waals surface area contributed by atoms with Gasteiger partial charge in [0.2, 0.25) is 0 Å². The fraction of sp³-hybridized carbons (Fsp3) is 0.500. The minimum absolute atomic E-state index is 0.191. The maximum atomic E-state index is 9.89. The molecule has 0 fully saturated rings. The number of rotatable bonds is 9. The molecule has 0 rings (SSSR count). The first-order valence-electron chi connectivity index (χ1n) is 3.35. The normalized spacial score (nSPS) is 9.92. The van der Waals surface area contributed by atoms with E-state index in [1.54, 1.807) is 0 Å². The van der Waals surface area contributed by atoms with Gasteiger partial charge < -0.3 is 28.0 Å². The summed E-state index contributed by atoms with van der Waals surface area (Å²) in [5.74, 6) is 0. The van der Waals surface area contributed by atoms with Gasteiger partial charge in [0.1, 0.15) is 38.7 Å². The van der Waals surface area contributed by atoms with Gasteiger partial charge in [-0.1, -0.05) is 0 Å². The molecule has 0 aromatic heterocycles. The summed E-state index contributed by atoms with van der Waals surface area (Å²) in [5.41, 5.74) is 0. The molecule has 0 aliphatic heterocycles. The van der Waals surface area contributed by atoms with Crippen LogP contribution in [-0.2, 0) is 28.0 Å². The fourth-order valence-electron chi connectivity index (χ4n) is 0.386. The summed E-state index contributed by atoms with van der Waals surface area (Å²) in [6.07, 6.45) is 1.55. The number of hydrogen-bond acceptors (Lipinski definition) is 6. The standard InChI is InChI=1S/C6H9O6P/c7-1-4-10-13(11-5-2-8)12-6-3-9/h1-3H,4-6H2. The zero-order valence-corrected chi connectivity index (χ0v) is 7.64. The largest absolute Gasteiger partial charge is 0.333 e. The Labute approximate surface area is 76.1 Å². The second-order valence-corrected chi connectivity index (χ2v) is 2.83. The lowest BCUT2D eigenvalue weighted by Gasteiger charge is -2.11. The Balaban J connectivity index is 3.64. The van der Waals surface area contributed by atoms with Gasteiger partial charge in [-0.05, 0) is 0 Å². The maximum absolute atomic E-state index is 9.89. The Hall–Kier alpha value is -0.680. The SMILES string of the molecule is O=CCOP(OCC=O)OCC=O. The van der Waals surface area contributed by atoms with E-state index in [9.17, 15) is 14.4 Å². The van der Waals surface area contributed by atoms with Crippen LogP contribution >= 0.6 is 8.60 Å². The van der Waals surface area contributed by atoms with Crippen molar-refractivity contribution in [2.75, 3.05) is 19.8 Å². The van der Waals surface area contributed by atoms with Gasteiger partial charge in [-0.15, -0.1) is 0 Å². The summed E-state index contributed by atoms with van der Waals surface area (Å²) in [7, 11) is -1.77. The molecule has 0 bridgehead atoms. The molecule has 13 heavy (non-hydrogen) atoms. The summed E-state index contributed by atoms with van der Waals surface area (Å²) in [5, 5.41) is 0. The Morgan fingerprint density at radius 3 is 1.31 bits per heavy atom. The van der Waals surface area contributed by atoms with Crippen molar-refractivity contribution in [1.29, 1.82) is 0 Å². The molecule has 0 spiro atoms. The quantitative estimate of drug-likeness (QED) is 0.387. The van der Waals surface area contributed by atoms with Crippen molar-refractivity contribution in [3.63, 3.8) is 0 Å². The zero-order chi connectivity index (χ0) is 9.94. The number of carbonyl (C=O) groups is 3. The topological polar surface area (TPSA) is 78.9 Å². The van der Waals surface area contributed by atoms with Crippen LogP contribution in [0.4, 0.5) is 0 Å². The van der Waals surface area contributed by atoms with Gasteiger partial charge in [-0.3, -0.25) is 0 Å². The number of carbonyl (C=O) groups excluding carboxylic acids is 3. The van der Waals surface area contributed by atoms with Crippen molar-refractivity contribution in [3.05, 3.63) is 0 Å². The van der Waals surface area contributed by atoms with E-state index in [2.05, 4.69) is 0 Å². The van der Waals surface area contributed by atoms with Crippen LogP contribution in [0.2, 0.25) is 0 Å². The van der Waals surface area contributed by atoms with Crippen LogP contribution in [0.25, 0.3) is 0 Å². The molecule has 0 amide bonds. The molecule has 0 aliphatic carbocycles. The van der Waals surface area contributed by atoms with E-state index in [-0.39, 0.29) is 19.8 Å². The Kier molecular flexibility index (Phi) is 8.92. The monoisotopic (exact) mass is 208 g/mol. The molecule has 0 N–H and O–H groups in total. The predicted molar refractivity (Wildman–Crippen MR) is 43.0 cm³/mol. The summed E-state index contributed by atoms with van der Waals surface area (Å²) in [4.78, 5) is 29.7. The first kappa shape index (κ1) is 12.3. The van der Waals surface area contributed by atoms with E-state index >= 15 is 0 Å². The summed E-state index contributed by atoms with van der Waals surface area (Å²) in [6, 6.07) is 0. The van der Waals surface area contributed by atoms with Crippen LogP contribution in [0.3, 0.4) is 0 Å². The molecule has 0 heterocycles. The molecular weight excluding hydrogens is 199 g/mol. The summed E-state index contributed by atoms with van der Waals surface area (Å²) >= 11 is 0. The average Bonchev–Trinajstić information content (AvgIpc) is 2.17. The Morgan fingerprint density at radius 1 is 0.769 bits per heavy atom. The van der Waals surface area contributed by atoms with E-state index in [0.717, 1.165) is 0 Å². The van der Waals surface area contributed by atoms with Crippen LogP contribution in [-0.4, -0.2) is 38.7 Å². The first-order valence-corrected chi connectivity index (χ1v) is 4.44. The molecule has 0 aliphatic rings. The summed E-state index contributed by atoms with van der Waals surface area (Å²) < 4.78 is 14.2. The van der Waals surface area contributed by atoms with Crippen molar-refractivity contribution in [2.45, 2.75) is 0 Å². The van der Waals surface area contributed by atoms with Crippen LogP contribution in [0.15, 0.2) is 0 Å². The highest BCUT2D eigenvalue weighted by molar-refractivity contribution is 7.41. The molecule has 0 aromatic carbocycles. The number of hydrogen-bond donors (Lipinski definition) is 0. The van der Waals surface area contributed by atoms with Crippen LogP contribution in [0.5, 0.6) is 0 Å². The van der Waals surface area contributed by atoms with Gasteiger partial charge in [0, 0.05) is 0 Å². The highest BCUT2D eigenvalue weighted by atomic mass is 31.2. The second kappa shape index (κ2) is 9.41. The zero-order valence-electron chi connectivity index (χ0n) is 6.75. The first-order chi connectivity index (χ1) is 6.35. The lowest BCUT2D eigenvalue weighted by atomic mass is 10.9. The molecule has 0 radical (unpaired) electrons. The lowest BCUT2D eigenvalue weighted by Crippen LogP contribution is -2.01. The highest BCUT2D eigenvalue weighted by Gasteiger charge is 2.11. The molecular formula is C6H9O6P. The van der Waals surface area contributed by atoms with Crippen molar-refractivity contribution < 1.29 is 28.0 Å². The van der Waals surface area contributed by atoms with Crippen LogP contribution in [0.1, 0.15) is 0 Å². The van der Waals surface area contributed by atoms with Crippen molar-refractivity contribution in [1.82, 2.24) is 0 Å². The molecule has 0 atom stereocenters. The molecule has 0 aromatic rings. The maximum Gasteiger partial charge on any atom is 0.333 e. The predicted octanol–water partition coefficient (Wildman–Crippen LogP) is -0.140. The fourth-order valence-corrected chi connectivity index (χ4v) is 1.16. The summed E-state index contributed by atoms with van der Waals surface area (Å²) in [6.45, 7) is -0.573. The van der Waals surface area contributed by atoms with E-state index < -0.39 is 8.60 Å². The Morgan fingerprint density at radius 2 is 1.08 bits per heavy atom. The third-order valence-electron chi connectivity index (χ3n) is 0.744.